The maximum Gasteiger partial charge on any atom is 0.326 e. The van der Waals surface area contributed by atoms with Crippen LogP contribution in [0, 0.1) is 17.2 Å². The third kappa shape index (κ3) is 3.58. The largest absolute Gasteiger partial charge is 0.495 e. The van der Waals surface area contributed by atoms with Gasteiger partial charge in [-0.05, 0) is 30.5 Å². The molecule has 1 atom stereocenters. The average molecular weight is 373 g/mol. The highest BCUT2D eigenvalue weighted by Gasteiger charge is 2.31. The van der Waals surface area contributed by atoms with E-state index in [1.54, 1.807) is 18.2 Å². The second-order valence-corrected chi connectivity index (χ2v) is 6.77. The molecule has 6 nitrogen and oxygen atoms in total. The molecule has 1 aromatic heterocycles. The fourth-order valence-electron chi connectivity index (χ4n) is 2.98. The number of carbonyl (C=O) groups is 1. The predicted molar refractivity (Wildman–Crippen MR) is 96.4 cm³/mol. The van der Waals surface area contributed by atoms with Crippen LogP contribution in [0.1, 0.15) is 30.9 Å². The SMILES string of the molecule is COc1cn(C(CC2CC2)C(=O)O)c(=O)cc1-c1cc(Cl)ccc1C#N. The Morgan fingerprint density at radius 2 is 2.15 bits per heavy atom. The Morgan fingerprint density at radius 3 is 2.73 bits per heavy atom. The van der Waals surface area contributed by atoms with Crippen molar-refractivity contribution in [1.29, 1.82) is 5.26 Å². The lowest BCUT2D eigenvalue weighted by Crippen LogP contribution is -2.30. The van der Waals surface area contributed by atoms with Crippen molar-refractivity contribution in [2.45, 2.75) is 25.3 Å². The molecule has 1 aliphatic carbocycles. The van der Waals surface area contributed by atoms with Crippen LogP contribution in [0.4, 0.5) is 0 Å². The second kappa shape index (κ2) is 7.22. The maximum atomic E-state index is 12.6. The summed E-state index contributed by atoms with van der Waals surface area (Å²) in [5, 5.41) is 19.3. The molecule has 1 heterocycles. The van der Waals surface area contributed by atoms with Crippen LogP contribution in [0.25, 0.3) is 11.1 Å². The van der Waals surface area contributed by atoms with E-state index in [-0.39, 0.29) is 0 Å². The van der Waals surface area contributed by atoms with Gasteiger partial charge in [-0.25, -0.2) is 4.79 Å². The van der Waals surface area contributed by atoms with Crippen molar-refractivity contribution >= 4 is 17.6 Å². The predicted octanol–water partition coefficient (Wildman–Crippen LogP) is 3.47. The lowest BCUT2D eigenvalue weighted by atomic mass is 10.00. The van der Waals surface area contributed by atoms with Crippen molar-refractivity contribution in [3.05, 3.63) is 51.4 Å². The summed E-state index contributed by atoms with van der Waals surface area (Å²) in [6.07, 6.45) is 3.79. The number of hydrogen-bond donors (Lipinski definition) is 1. The van der Waals surface area contributed by atoms with Crippen molar-refractivity contribution < 1.29 is 14.6 Å². The highest BCUT2D eigenvalue weighted by Crippen LogP contribution is 2.38. The highest BCUT2D eigenvalue weighted by molar-refractivity contribution is 6.31. The van der Waals surface area contributed by atoms with Gasteiger partial charge in [-0.1, -0.05) is 24.4 Å². The number of hydrogen-bond acceptors (Lipinski definition) is 4. The lowest BCUT2D eigenvalue weighted by Gasteiger charge is -2.18. The summed E-state index contributed by atoms with van der Waals surface area (Å²) in [4.78, 5) is 24.3. The van der Waals surface area contributed by atoms with E-state index in [0.29, 0.717) is 39.8 Å². The molecular weight excluding hydrogens is 356 g/mol. The standard InChI is InChI=1S/C19H17ClN2O4/c1-26-17-10-22(16(19(24)25)6-11-2-3-11)18(23)8-15(17)14-7-13(20)5-4-12(14)9-21/h4-5,7-8,10-11,16H,2-3,6H2,1H3,(H,24,25). The van der Waals surface area contributed by atoms with E-state index in [1.807, 2.05) is 0 Å². The molecule has 26 heavy (non-hydrogen) atoms. The number of benzene rings is 1. The number of carboxylic acid groups (broad SMARTS) is 1. The van der Waals surface area contributed by atoms with E-state index in [2.05, 4.69) is 6.07 Å². The number of methoxy groups -OCH3 is 1. The number of ether oxygens (including phenoxy) is 1. The third-order valence-corrected chi connectivity index (χ3v) is 4.77. The first-order chi connectivity index (χ1) is 12.4. The molecule has 0 radical (unpaired) electrons. The molecule has 7 heteroatoms. The Morgan fingerprint density at radius 1 is 1.42 bits per heavy atom. The first kappa shape index (κ1) is 18.0. The molecule has 0 aliphatic heterocycles. The molecule has 1 unspecified atom stereocenters. The van der Waals surface area contributed by atoms with Crippen molar-refractivity contribution in [2.24, 2.45) is 5.92 Å². The molecule has 1 N–H and O–H groups in total. The van der Waals surface area contributed by atoms with Crippen LogP contribution in [-0.2, 0) is 4.79 Å². The minimum atomic E-state index is -1.05. The van der Waals surface area contributed by atoms with Crippen molar-refractivity contribution in [2.75, 3.05) is 7.11 Å². The maximum absolute atomic E-state index is 12.6. The monoisotopic (exact) mass is 372 g/mol. The lowest BCUT2D eigenvalue weighted by molar-refractivity contribution is -0.141. The van der Waals surface area contributed by atoms with Crippen LogP contribution >= 0.6 is 11.6 Å². The van der Waals surface area contributed by atoms with Crippen LogP contribution in [0.2, 0.25) is 5.02 Å². The molecule has 1 aliphatic rings. The molecule has 1 fully saturated rings. The Bertz CT molecular complexity index is 957. The Kier molecular flexibility index (Phi) is 5.01. The molecule has 2 aromatic rings. The molecule has 134 valence electrons. The number of nitrogens with zero attached hydrogens (tertiary/aromatic N) is 2. The van der Waals surface area contributed by atoms with Gasteiger partial charge in [-0.2, -0.15) is 5.26 Å². The van der Waals surface area contributed by atoms with Crippen LogP contribution in [-0.4, -0.2) is 22.8 Å². The molecule has 0 bridgehead atoms. The van der Waals surface area contributed by atoms with Gasteiger partial charge in [0.15, 0.2) is 0 Å². The molecule has 1 aromatic carbocycles. The smallest absolute Gasteiger partial charge is 0.326 e. The van der Waals surface area contributed by atoms with Gasteiger partial charge in [0.05, 0.1) is 24.9 Å². The summed E-state index contributed by atoms with van der Waals surface area (Å²) < 4.78 is 6.57. The Balaban J connectivity index is 2.14. The highest BCUT2D eigenvalue weighted by atomic mass is 35.5. The zero-order valence-corrected chi connectivity index (χ0v) is 14.9. The van der Waals surface area contributed by atoms with Gasteiger partial charge >= 0.3 is 5.97 Å². The van der Waals surface area contributed by atoms with Gasteiger partial charge in [0.1, 0.15) is 11.8 Å². The van der Waals surface area contributed by atoms with Crippen LogP contribution < -0.4 is 10.3 Å². The van der Waals surface area contributed by atoms with Crippen molar-refractivity contribution in [3.8, 4) is 22.9 Å². The first-order valence-electron chi connectivity index (χ1n) is 8.17. The van der Waals surface area contributed by atoms with Gasteiger partial charge in [0, 0.05) is 22.2 Å². The molecule has 0 saturated heterocycles. The molecule has 0 spiro atoms. The van der Waals surface area contributed by atoms with E-state index >= 15 is 0 Å². The minimum Gasteiger partial charge on any atom is -0.495 e. The number of carboxylic acids is 1. The summed E-state index contributed by atoms with van der Waals surface area (Å²) in [6.45, 7) is 0. The van der Waals surface area contributed by atoms with E-state index in [9.17, 15) is 20.0 Å². The fraction of sp³-hybridized carbons (Fsp3) is 0.316. The van der Waals surface area contributed by atoms with E-state index in [4.69, 9.17) is 16.3 Å². The van der Waals surface area contributed by atoms with Crippen LogP contribution in [0.5, 0.6) is 5.75 Å². The van der Waals surface area contributed by atoms with E-state index in [0.717, 1.165) is 12.8 Å². The fourth-order valence-corrected chi connectivity index (χ4v) is 3.16. The zero-order chi connectivity index (χ0) is 18.8. The molecule has 1 saturated carbocycles. The minimum absolute atomic E-state index is 0.311. The van der Waals surface area contributed by atoms with Gasteiger partial charge < -0.3 is 9.84 Å². The van der Waals surface area contributed by atoms with Crippen LogP contribution in [0.15, 0.2) is 35.3 Å². The summed E-state index contributed by atoms with van der Waals surface area (Å²) in [7, 11) is 1.43. The van der Waals surface area contributed by atoms with Crippen molar-refractivity contribution in [1.82, 2.24) is 4.57 Å². The first-order valence-corrected chi connectivity index (χ1v) is 8.55. The summed E-state index contributed by atoms with van der Waals surface area (Å²) in [6, 6.07) is 7.17. The zero-order valence-electron chi connectivity index (χ0n) is 14.1. The van der Waals surface area contributed by atoms with Gasteiger partial charge in [-0.15, -0.1) is 0 Å². The van der Waals surface area contributed by atoms with E-state index < -0.39 is 17.6 Å². The molecular formula is C19H17ClN2O4. The Hall–Kier alpha value is -2.78. The number of aliphatic carboxylic acids is 1. The van der Waals surface area contributed by atoms with E-state index in [1.165, 1.54) is 23.9 Å². The number of nitriles is 1. The van der Waals surface area contributed by atoms with Gasteiger partial charge in [-0.3, -0.25) is 9.36 Å². The average Bonchev–Trinajstić information content (AvgIpc) is 3.43. The third-order valence-electron chi connectivity index (χ3n) is 4.53. The number of aromatic nitrogens is 1. The number of pyridine rings is 1. The van der Waals surface area contributed by atoms with Crippen molar-refractivity contribution in [3.63, 3.8) is 0 Å². The van der Waals surface area contributed by atoms with Crippen LogP contribution in [0.3, 0.4) is 0 Å². The molecule has 0 amide bonds. The normalized spacial score (nSPS) is 14.5. The number of halogens is 1. The summed E-state index contributed by atoms with van der Waals surface area (Å²) in [5.74, 6) is -0.397. The second-order valence-electron chi connectivity index (χ2n) is 6.34. The Labute approximate surface area is 155 Å². The van der Waals surface area contributed by atoms with Gasteiger partial charge in [0.25, 0.3) is 5.56 Å². The summed E-state index contributed by atoms with van der Waals surface area (Å²) in [5.41, 5.74) is 0.758. The van der Waals surface area contributed by atoms with Gasteiger partial charge in [0.2, 0.25) is 0 Å². The number of rotatable bonds is 6. The molecule has 3 rings (SSSR count). The topological polar surface area (TPSA) is 92.3 Å². The summed E-state index contributed by atoms with van der Waals surface area (Å²) >= 11 is 6.04. The quantitative estimate of drug-likeness (QED) is 0.838.